The van der Waals surface area contributed by atoms with Crippen LogP contribution < -0.4 is 0 Å². The third-order valence-corrected chi connectivity index (χ3v) is 6.15. The van der Waals surface area contributed by atoms with E-state index in [2.05, 4.69) is 0 Å². The number of non-ortho nitro benzene ring substituents is 1. The minimum atomic E-state index is -0.583. The van der Waals surface area contributed by atoms with Crippen molar-refractivity contribution in [2.24, 2.45) is 0 Å². The van der Waals surface area contributed by atoms with Crippen LogP contribution in [-0.2, 0) is 16.1 Å². The van der Waals surface area contributed by atoms with Gasteiger partial charge < -0.3 is 9.15 Å². The molecule has 1 aromatic heterocycles. The maximum absolute atomic E-state index is 12.8. The van der Waals surface area contributed by atoms with Crippen LogP contribution in [0.2, 0.25) is 5.02 Å². The number of esters is 1. The number of imide groups is 1. The standard InChI is InChI=1S/C23H15ClN2O7S/c1-32-22(28)17-10-14(4-8-18(17)24)19-9-7-16(33-19)11-20-21(27)25(23(29)34-20)12-13-2-5-15(6-3-13)26(30)31/h2-11H,12H2,1H3/b20-11+. The molecule has 2 aromatic carbocycles. The van der Waals surface area contributed by atoms with Crippen molar-refractivity contribution < 1.29 is 28.5 Å². The van der Waals surface area contributed by atoms with Crippen molar-refractivity contribution in [2.75, 3.05) is 7.11 Å². The monoisotopic (exact) mass is 498 g/mol. The average molecular weight is 499 g/mol. The zero-order valence-electron chi connectivity index (χ0n) is 17.5. The van der Waals surface area contributed by atoms with E-state index in [0.29, 0.717) is 22.6 Å². The SMILES string of the molecule is COC(=O)c1cc(-c2ccc(/C=C3/SC(=O)N(Cc4ccc([N+](=O)[O-])cc4)C3=O)o2)ccc1Cl. The molecule has 0 radical (unpaired) electrons. The van der Waals surface area contributed by atoms with Crippen molar-refractivity contribution in [3.05, 3.63) is 91.5 Å². The van der Waals surface area contributed by atoms with Crippen molar-refractivity contribution in [1.82, 2.24) is 4.90 Å². The highest BCUT2D eigenvalue weighted by atomic mass is 35.5. The lowest BCUT2D eigenvalue weighted by Crippen LogP contribution is -2.27. The Kier molecular flexibility index (Phi) is 6.53. The molecule has 1 aliphatic rings. The van der Waals surface area contributed by atoms with Gasteiger partial charge in [0.15, 0.2) is 0 Å². The summed E-state index contributed by atoms with van der Waals surface area (Å²) in [6.45, 7) is -0.00944. The smallest absolute Gasteiger partial charge is 0.339 e. The van der Waals surface area contributed by atoms with Gasteiger partial charge in [-0.05, 0) is 47.7 Å². The molecule has 0 aliphatic carbocycles. The van der Waals surface area contributed by atoms with E-state index in [4.69, 9.17) is 20.8 Å². The van der Waals surface area contributed by atoms with Crippen molar-refractivity contribution >= 4 is 52.2 Å². The Morgan fingerprint density at radius 3 is 2.59 bits per heavy atom. The summed E-state index contributed by atoms with van der Waals surface area (Å²) in [6, 6.07) is 13.7. The van der Waals surface area contributed by atoms with Crippen LogP contribution in [-0.4, -0.2) is 34.0 Å². The molecule has 0 bridgehead atoms. The normalized spacial score (nSPS) is 14.6. The van der Waals surface area contributed by atoms with E-state index in [1.54, 1.807) is 24.3 Å². The van der Waals surface area contributed by atoms with Crippen molar-refractivity contribution in [2.45, 2.75) is 6.54 Å². The van der Waals surface area contributed by atoms with Crippen LogP contribution in [0.5, 0.6) is 0 Å². The first kappa shape index (κ1) is 23.3. The van der Waals surface area contributed by atoms with E-state index < -0.39 is 22.0 Å². The molecule has 34 heavy (non-hydrogen) atoms. The molecule has 1 fully saturated rings. The fourth-order valence-corrected chi connectivity index (χ4v) is 4.21. The molecular weight excluding hydrogens is 484 g/mol. The van der Waals surface area contributed by atoms with Gasteiger partial charge in [-0.15, -0.1) is 0 Å². The molecule has 172 valence electrons. The number of nitro benzene ring substituents is 1. The molecule has 11 heteroatoms. The third kappa shape index (κ3) is 4.73. The number of carbonyl (C=O) groups excluding carboxylic acids is 3. The summed E-state index contributed by atoms with van der Waals surface area (Å²) in [4.78, 5) is 48.5. The Bertz CT molecular complexity index is 1350. The largest absolute Gasteiger partial charge is 0.465 e. The Hall–Kier alpha value is -3.89. The maximum atomic E-state index is 12.8. The number of amides is 2. The fourth-order valence-electron chi connectivity index (χ4n) is 3.20. The number of nitrogens with zero attached hydrogens (tertiary/aromatic N) is 2. The molecule has 1 saturated heterocycles. The van der Waals surface area contributed by atoms with E-state index in [1.807, 2.05) is 0 Å². The van der Waals surface area contributed by atoms with Gasteiger partial charge in [-0.2, -0.15) is 0 Å². The van der Waals surface area contributed by atoms with Crippen LogP contribution in [0.1, 0.15) is 21.7 Å². The lowest BCUT2D eigenvalue weighted by molar-refractivity contribution is -0.384. The zero-order valence-corrected chi connectivity index (χ0v) is 19.1. The second-order valence-electron chi connectivity index (χ2n) is 7.08. The highest BCUT2D eigenvalue weighted by Crippen LogP contribution is 2.35. The Morgan fingerprint density at radius 1 is 1.18 bits per heavy atom. The van der Waals surface area contributed by atoms with Gasteiger partial charge in [0.1, 0.15) is 11.5 Å². The predicted octanol–water partition coefficient (Wildman–Crippen LogP) is 5.53. The number of hydrogen-bond donors (Lipinski definition) is 0. The first-order valence-electron chi connectivity index (χ1n) is 9.73. The summed E-state index contributed by atoms with van der Waals surface area (Å²) in [7, 11) is 1.25. The van der Waals surface area contributed by atoms with E-state index in [9.17, 15) is 24.5 Å². The molecule has 0 spiro atoms. The number of furan rings is 1. The molecular formula is C23H15ClN2O7S. The van der Waals surface area contributed by atoms with Crippen LogP contribution >= 0.6 is 23.4 Å². The minimum absolute atomic E-state index is 0.00944. The van der Waals surface area contributed by atoms with Crippen LogP contribution in [0, 0.1) is 10.1 Å². The van der Waals surface area contributed by atoms with E-state index in [1.165, 1.54) is 43.5 Å². The summed E-state index contributed by atoms with van der Waals surface area (Å²) in [6.07, 6.45) is 1.46. The van der Waals surface area contributed by atoms with E-state index >= 15 is 0 Å². The van der Waals surface area contributed by atoms with Crippen LogP contribution in [0.4, 0.5) is 10.5 Å². The fraction of sp³-hybridized carbons (Fsp3) is 0.0870. The first-order chi connectivity index (χ1) is 16.3. The maximum Gasteiger partial charge on any atom is 0.339 e. The minimum Gasteiger partial charge on any atom is -0.465 e. The van der Waals surface area contributed by atoms with Crippen molar-refractivity contribution in [3.63, 3.8) is 0 Å². The van der Waals surface area contributed by atoms with Crippen molar-refractivity contribution in [3.8, 4) is 11.3 Å². The Balaban J connectivity index is 1.52. The van der Waals surface area contributed by atoms with E-state index in [-0.39, 0.29) is 27.7 Å². The number of carbonyl (C=O) groups is 3. The third-order valence-electron chi connectivity index (χ3n) is 4.92. The van der Waals surface area contributed by atoms with Crippen molar-refractivity contribution in [1.29, 1.82) is 0 Å². The van der Waals surface area contributed by atoms with Gasteiger partial charge >= 0.3 is 5.97 Å². The first-order valence-corrected chi connectivity index (χ1v) is 10.9. The summed E-state index contributed by atoms with van der Waals surface area (Å²) >= 11 is 6.82. The highest BCUT2D eigenvalue weighted by molar-refractivity contribution is 8.18. The number of hydrogen-bond acceptors (Lipinski definition) is 8. The lowest BCUT2D eigenvalue weighted by Gasteiger charge is -2.12. The molecule has 3 aromatic rings. The van der Waals surface area contributed by atoms with Gasteiger partial charge in [-0.25, -0.2) is 4.79 Å². The zero-order chi connectivity index (χ0) is 24.4. The van der Waals surface area contributed by atoms with Gasteiger partial charge in [0.05, 0.1) is 34.1 Å². The van der Waals surface area contributed by atoms with E-state index in [0.717, 1.165) is 16.7 Å². The van der Waals surface area contributed by atoms with Crippen LogP contribution in [0.25, 0.3) is 17.4 Å². The quantitative estimate of drug-likeness (QED) is 0.188. The number of rotatable bonds is 6. The molecule has 0 N–H and O–H groups in total. The van der Waals surface area contributed by atoms with Gasteiger partial charge in [-0.3, -0.25) is 24.6 Å². The molecule has 2 amide bonds. The van der Waals surface area contributed by atoms with Gasteiger partial charge in [-0.1, -0.05) is 23.7 Å². The van der Waals surface area contributed by atoms with Gasteiger partial charge in [0, 0.05) is 23.8 Å². The second kappa shape index (κ2) is 9.54. The summed E-state index contributed by atoms with van der Waals surface area (Å²) in [5.74, 6) is -0.310. The highest BCUT2D eigenvalue weighted by Gasteiger charge is 2.35. The Labute approximate surface area is 202 Å². The van der Waals surface area contributed by atoms with Gasteiger partial charge in [0.2, 0.25) is 0 Å². The molecule has 0 atom stereocenters. The number of methoxy groups -OCH3 is 1. The topological polar surface area (TPSA) is 120 Å². The number of ether oxygens (including phenoxy) is 1. The molecule has 1 aliphatic heterocycles. The average Bonchev–Trinajstić information content (AvgIpc) is 3.39. The summed E-state index contributed by atoms with van der Waals surface area (Å²) in [5.41, 5.74) is 1.27. The van der Waals surface area contributed by atoms with Crippen LogP contribution in [0.15, 0.2) is 63.9 Å². The molecule has 9 nitrogen and oxygen atoms in total. The number of nitro groups is 1. The second-order valence-corrected chi connectivity index (χ2v) is 8.48. The molecule has 0 saturated carbocycles. The molecule has 0 unspecified atom stereocenters. The number of thioether (sulfide) groups is 1. The predicted molar refractivity (Wildman–Crippen MR) is 125 cm³/mol. The summed E-state index contributed by atoms with van der Waals surface area (Å²) < 4.78 is 10.5. The number of halogens is 1. The Morgan fingerprint density at radius 2 is 1.91 bits per heavy atom. The van der Waals surface area contributed by atoms with Gasteiger partial charge in [0.25, 0.3) is 16.8 Å². The lowest BCUT2D eigenvalue weighted by atomic mass is 10.1. The molecule has 4 rings (SSSR count). The van der Waals surface area contributed by atoms with Crippen LogP contribution in [0.3, 0.4) is 0 Å². The molecule has 2 heterocycles. The number of benzene rings is 2. The summed E-state index contributed by atoms with van der Waals surface area (Å²) in [5, 5.41) is 10.6.